The van der Waals surface area contributed by atoms with Crippen LogP contribution in [0, 0.1) is 13.8 Å². The zero-order valence-corrected chi connectivity index (χ0v) is 14.0. The van der Waals surface area contributed by atoms with Gasteiger partial charge in [-0.1, -0.05) is 17.7 Å². The average molecular weight is 370 g/mol. The maximum atomic E-state index is 11.8. The number of rotatable bonds is 4. The van der Waals surface area contributed by atoms with Gasteiger partial charge in [0.25, 0.3) is 0 Å². The lowest BCUT2D eigenvalue weighted by Crippen LogP contribution is -2.17. The Morgan fingerprint density at radius 1 is 1.19 bits per heavy atom. The van der Waals surface area contributed by atoms with E-state index in [0.29, 0.717) is 16.5 Å². The predicted molar refractivity (Wildman–Crippen MR) is 86.2 cm³/mol. The Hall–Kier alpha value is -1.52. The summed E-state index contributed by atoms with van der Waals surface area (Å²) < 4.78 is 11.4. The third-order valence-corrected chi connectivity index (χ3v) is 3.84. The highest BCUT2D eigenvalue weighted by molar-refractivity contribution is 9.10. The molecule has 0 fully saturated rings. The molecule has 0 aliphatic heterocycles. The van der Waals surface area contributed by atoms with Crippen LogP contribution in [0.4, 0.5) is 0 Å². The van der Waals surface area contributed by atoms with E-state index in [2.05, 4.69) is 15.9 Å². The Labute approximate surface area is 137 Å². The topological polar surface area (TPSA) is 35.5 Å². The molecule has 0 heterocycles. The van der Waals surface area contributed by atoms with E-state index in [9.17, 15) is 4.79 Å². The van der Waals surface area contributed by atoms with Crippen LogP contribution < -0.4 is 9.47 Å². The summed E-state index contributed by atoms with van der Waals surface area (Å²) in [4.78, 5) is 11.8. The molecule has 2 aromatic carbocycles. The van der Waals surface area contributed by atoms with Gasteiger partial charge in [0.1, 0.15) is 11.5 Å². The van der Waals surface area contributed by atoms with Gasteiger partial charge in [-0.15, -0.1) is 0 Å². The third kappa shape index (κ3) is 4.48. The number of esters is 1. The Morgan fingerprint density at radius 2 is 1.95 bits per heavy atom. The fraction of sp³-hybridized carbons (Fsp3) is 0.188. The van der Waals surface area contributed by atoms with Crippen molar-refractivity contribution in [2.24, 2.45) is 0 Å². The van der Waals surface area contributed by atoms with Crippen LogP contribution in [0.15, 0.2) is 40.9 Å². The van der Waals surface area contributed by atoms with E-state index in [1.54, 1.807) is 24.3 Å². The second kappa shape index (κ2) is 6.96. The van der Waals surface area contributed by atoms with E-state index in [4.69, 9.17) is 21.1 Å². The number of halogens is 2. The van der Waals surface area contributed by atoms with E-state index in [0.717, 1.165) is 15.6 Å². The Morgan fingerprint density at radius 3 is 2.62 bits per heavy atom. The molecule has 21 heavy (non-hydrogen) atoms. The molecule has 110 valence electrons. The number of carbonyl (C=O) groups excluding carboxylic acids is 1. The molecule has 0 N–H and O–H groups in total. The van der Waals surface area contributed by atoms with Gasteiger partial charge in [0.2, 0.25) is 0 Å². The molecule has 0 bridgehead atoms. The van der Waals surface area contributed by atoms with Gasteiger partial charge in [0, 0.05) is 5.02 Å². The minimum atomic E-state index is -0.466. The van der Waals surface area contributed by atoms with Gasteiger partial charge in [-0.3, -0.25) is 0 Å². The highest BCUT2D eigenvalue weighted by Gasteiger charge is 2.09. The molecule has 0 radical (unpaired) electrons. The SMILES string of the molecule is Cc1ccc(OC(=O)COc2ccc(Cl)c(C)c2)c(Br)c1. The number of benzene rings is 2. The van der Waals surface area contributed by atoms with Crippen LogP contribution in [0.1, 0.15) is 11.1 Å². The fourth-order valence-corrected chi connectivity index (χ4v) is 2.38. The Bertz CT molecular complexity index is 671. The minimum Gasteiger partial charge on any atom is -0.482 e. The lowest BCUT2D eigenvalue weighted by atomic mass is 10.2. The van der Waals surface area contributed by atoms with Gasteiger partial charge in [0.15, 0.2) is 6.61 Å². The Balaban J connectivity index is 1.94. The van der Waals surface area contributed by atoms with Gasteiger partial charge >= 0.3 is 5.97 Å². The van der Waals surface area contributed by atoms with Gasteiger partial charge < -0.3 is 9.47 Å². The highest BCUT2D eigenvalue weighted by Crippen LogP contribution is 2.26. The van der Waals surface area contributed by atoms with Crippen molar-refractivity contribution in [1.82, 2.24) is 0 Å². The van der Waals surface area contributed by atoms with Gasteiger partial charge in [0.05, 0.1) is 4.47 Å². The van der Waals surface area contributed by atoms with Gasteiger partial charge in [-0.2, -0.15) is 0 Å². The number of ether oxygens (including phenoxy) is 2. The first kappa shape index (κ1) is 15.9. The number of hydrogen-bond acceptors (Lipinski definition) is 3. The monoisotopic (exact) mass is 368 g/mol. The smallest absolute Gasteiger partial charge is 0.349 e. The first-order valence-electron chi connectivity index (χ1n) is 6.31. The summed E-state index contributed by atoms with van der Waals surface area (Å²) in [5.74, 6) is 0.588. The molecule has 2 rings (SSSR count). The van der Waals surface area contributed by atoms with Crippen molar-refractivity contribution in [1.29, 1.82) is 0 Å². The first-order chi connectivity index (χ1) is 9.95. The molecule has 0 aliphatic carbocycles. The van der Waals surface area contributed by atoms with E-state index in [-0.39, 0.29) is 6.61 Å². The lowest BCUT2D eigenvalue weighted by Gasteiger charge is -2.09. The maximum absolute atomic E-state index is 11.8. The summed E-state index contributed by atoms with van der Waals surface area (Å²) in [5.41, 5.74) is 1.97. The van der Waals surface area contributed by atoms with Crippen LogP contribution in [0.3, 0.4) is 0 Å². The van der Waals surface area contributed by atoms with Crippen molar-refractivity contribution in [3.05, 3.63) is 57.0 Å². The molecule has 5 heteroatoms. The summed E-state index contributed by atoms with van der Waals surface area (Å²) in [6.07, 6.45) is 0. The van der Waals surface area contributed by atoms with Crippen LogP contribution in [-0.4, -0.2) is 12.6 Å². The largest absolute Gasteiger partial charge is 0.482 e. The first-order valence-corrected chi connectivity index (χ1v) is 7.48. The molecule has 0 aliphatic rings. The normalized spacial score (nSPS) is 10.3. The average Bonchev–Trinajstić information content (AvgIpc) is 2.43. The fourth-order valence-electron chi connectivity index (χ4n) is 1.69. The van der Waals surface area contributed by atoms with E-state index in [1.165, 1.54) is 0 Å². The summed E-state index contributed by atoms with van der Waals surface area (Å²) >= 11 is 9.28. The maximum Gasteiger partial charge on any atom is 0.349 e. The van der Waals surface area contributed by atoms with Gasteiger partial charge in [-0.25, -0.2) is 4.79 Å². The lowest BCUT2D eigenvalue weighted by molar-refractivity contribution is -0.136. The second-order valence-electron chi connectivity index (χ2n) is 4.61. The number of aryl methyl sites for hydroxylation is 2. The predicted octanol–water partition coefficient (Wildman–Crippen LogP) is 4.70. The molecule has 0 atom stereocenters. The molecule has 3 nitrogen and oxygen atoms in total. The van der Waals surface area contributed by atoms with Crippen LogP contribution in [-0.2, 0) is 4.79 Å². The van der Waals surface area contributed by atoms with Crippen molar-refractivity contribution >= 4 is 33.5 Å². The Kier molecular flexibility index (Phi) is 5.26. The molecule has 0 amide bonds. The summed E-state index contributed by atoms with van der Waals surface area (Å²) in [6.45, 7) is 3.67. The molecular formula is C16H14BrClO3. The molecular weight excluding hydrogens is 356 g/mol. The second-order valence-corrected chi connectivity index (χ2v) is 5.87. The van der Waals surface area contributed by atoms with Crippen molar-refractivity contribution < 1.29 is 14.3 Å². The highest BCUT2D eigenvalue weighted by atomic mass is 79.9. The quantitative estimate of drug-likeness (QED) is 0.578. The number of hydrogen-bond donors (Lipinski definition) is 0. The molecule has 0 unspecified atom stereocenters. The van der Waals surface area contributed by atoms with Crippen LogP contribution in [0.5, 0.6) is 11.5 Å². The van der Waals surface area contributed by atoms with Crippen LogP contribution in [0.25, 0.3) is 0 Å². The minimum absolute atomic E-state index is 0.165. The molecule has 0 saturated heterocycles. The van der Waals surface area contributed by atoms with Gasteiger partial charge in [-0.05, 0) is 71.2 Å². The van der Waals surface area contributed by atoms with Crippen molar-refractivity contribution in [3.8, 4) is 11.5 Å². The van der Waals surface area contributed by atoms with E-state index in [1.807, 2.05) is 26.0 Å². The third-order valence-electron chi connectivity index (χ3n) is 2.80. The summed E-state index contributed by atoms with van der Waals surface area (Å²) in [5, 5.41) is 0.661. The van der Waals surface area contributed by atoms with Crippen LogP contribution >= 0.6 is 27.5 Å². The zero-order chi connectivity index (χ0) is 15.4. The van der Waals surface area contributed by atoms with E-state index < -0.39 is 5.97 Å². The van der Waals surface area contributed by atoms with Crippen molar-refractivity contribution in [2.75, 3.05) is 6.61 Å². The van der Waals surface area contributed by atoms with Crippen molar-refractivity contribution in [2.45, 2.75) is 13.8 Å². The summed E-state index contributed by atoms with van der Waals surface area (Å²) in [6, 6.07) is 10.7. The zero-order valence-electron chi connectivity index (χ0n) is 11.7. The standard InChI is InChI=1S/C16H14BrClO3/c1-10-3-6-15(13(17)7-10)21-16(19)9-20-12-4-5-14(18)11(2)8-12/h3-8H,9H2,1-2H3. The van der Waals surface area contributed by atoms with Crippen LogP contribution in [0.2, 0.25) is 5.02 Å². The number of carbonyl (C=O) groups is 1. The molecule has 0 saturated carbocycles. The molecule has 0 aromatic heterocycles. The molecule has 2 aromatic rings. The van der Waals surface area contributed by atoms with Crippen molar-refractivity contribution in [3.63, 3.8) is 0 Å². The summed E-state index contributed by atoms with van der Waals surface area (Å²) in [7, 11) is 0. The van der Waals surface area contributed by atoms with E-state index >= 15 is 0 Å². The molecule has 0 spiro atoms.